The fourth-order valence-electron chi connectivity index (χ4n) is 2.29. The van der Waals surface area contributed by atoms with Crippen LogP contribution in [0.3, 0.4) is 0 Å². The first-order valence-electron chi connectivity index (χ1n) is 7.29. The SMILES string of the molecule is COc1ccccc1CNCc1ncc(-c2ccc(Cl)cc2)s1. The van der Waals surface area contributed by atoms with E-state index in [9.17, 15) is 0 Å². The lowest BCUT2D eigenvalue weighted by Crippen LogP contribution is -2.13. The minimum Gasteiger partial charge on any atom is -0.496 e. The number of halogens is 1. The molecule has 2 aromatic carbocycles. The summed E-state index contributed by atoms with van der Waals surface area (Å²) < 4.78 is 5.36. The highest BCUT2D eigenvalue weighted by Gasteiger charge is 2.05. The first kappa shape index (κ1) is 16.0. The first-order chi connectivity index (χ1) is 11.3. The molecule has 23 heavy (non-hydrogen) atoms. The molecule has 0 atom stereocenters. The quantitative estimate of drug-likeness (QED) is 0.700. The first-order valence-corrected chi connectivity index (χ1v) is 8.49. The van der Waals surface area contributed by atoms with Gasteiger partial charge in [0.25, 0.3) is 0 Å². The summed E-state index contributed by atoms with van der Waals surface area (Å²) in [5.74, 6) is 0.904. The summed E-state index contributed by atoms with van der Waals surface area (Å²) in [6.07, 6.45) is 1.91. The van der Waals surface area contributed by atoms with Crippen molar-refractivity contribution in [3.8, 4) is 16.2 Å². The number of rotatable bonds is 6. The van der Waals surface area contributed by atoms with E-state index >= 15 is 0 Å². The highest BCUT2D eigenvalue weighted by molar-refractivity contribution is 7.15. The Hall–Kier alpha value is -1.88. The summed E-state index contributed by atoms with van der Waals surface area (Å²) in [6.45, 7) is 1.48. The molecular weight excluding hydrogens is 328 g/mol. The van der Waals surface area contributed by atoms with Crippen molar-refractivity contribution in [2.45, 2.75) is 13.1 Å². The number of nitrogens with one attached hydrogen (secondary N) is 1. The van der Waals surface area contributed by atoms with Gasteiger partial charge >= 0.3 is 0 Å². The van der Waals surface area contributed by atoms with Crippen LogP contribution < -0.4 is 10.1 Å². The molecule has 0 aliphatic heterocycles. The molecule has 0 unspecified atom stereocenters. The summed E-state index contributed by atoms with van der Waals surface area (Å²) in [5.41, 5.74) is 2.28. The van der Waals surface area contributed by atoms with Crippen LogP contribution in [0.25, 0.3) is 10.4 Å². The molecule has 118 valence electrons. The number of thiazole rings is 1. The second kappa shape index (κ2) is 7.59. The summed E-state index contributed by atoms with van der Waals surface area (Å²) >= 11 is 7.61. The van der Waals surface area contributed by atoms with Crippen molar-refractivity contribution in [1.29, 1.82) is 0 Å². The second-order valence-corrected chi connectivity index (χ2v) is 6.59. The van der Waals surface area contributed by atoms with E-state index < -0.39 is 0 Å². The zero-order valence-corrected chi connectivity index (χ0v) is 14.3. The number of methoxy groups -OCH3 is 1. The Morgan fingerprint density at radius 1 is 1.09 bits per heavy atom. The molecule has 1 N–H and O–H groups in total. The number of para-hydroxylation sites is 1. The van der Waals surface area contributed by atoms with Gasteiger partial charge in [-0.25, -0.2) is 4.98 Å². The van der Waals surface area contributed by atoms with Crippen molar-refractivity contribution in [1.82, 2.24) is 10.3 Å². The molecule has 0 spiro atoms. The fraction of sp³-hybridized carbons (Fsp3) is 0.167. The van der Waals surface area contributed by atoms with Crippen molar-refractivity contribution in [3.05, 3.63) is 70.3 Å². The van der Waals surface area contributed by atoms with Gasteiger partial charge in [0.05, 0.1) is 12.0 Å². The van der Waals surface area contributed by atoms with Gasteiger partial charge < -0.3 is 10.1 Å². The zero-order valence-electron chi connectivity index (χ0n) is 12.8. The van der Waals surface area contributed by atoms with E-state index in [0.717, 1.165) is 44.9 Å². The molecule has 1 aromatic heterocycles. The van der Waals surface area contributed by atoms with Gasteiger partial charge in [-0.15, -0.1) is 11.3 Å². The van der Waals surface area contributed by atoms with Crippen LogP contribution in [0.15, 0.2) is 54.7 Å². The van der Waals surface area contributed by atoms with E-state index in [0.29, 0.717) is 0 Å². The molecule has 0 saturated carbocycles. The lowest BCUT2D eigenvalue weighted by molar-refractivity contribution is 0.407. The van der Waals surface area contributed by atoms with Crippen LogP contribution in [-0.2, 0) is 13.1 Å². The van der Waals surface area contributed by atoms with Crippen molar-refractivity contribution in [2.24, 2.45) is 0 Å². The summed E-state index contributed by atoms with van der Waals surface area (Å²) in [5, 5.41) is 5.22. The number of hydrogen-bond donors (Lipinski definition) is 1. The maximum absolute atomic E-state index is 5.92. The van der Waals surface area contributed by atoms with E-state index in [2.05, 4.69) is 16.4 Å². The van der Waals surface area contributed by atoms with Crippen LogP contribution in [0.4, 0.5) is 0 Å². The van der Waals surface area contributed by atoms with Crippen LogP contribution >= 0.6 is 22.9 Å². The molecule has 1 heterocycles. The molecule has 0 aliphatic rings. The number of ether oxygens (including phenoxy) is 1. The Bertz CT molecular complexity index is 771. The van der Waals surface area contributed by atoms with Crippen LogP contribution in [-0.4, -0.2) is 12.1 Å². The predicted molar refractivity (Wildman–Crippen MR) is 96.1 cm³/mol. The third-order valence-electron chi connectivity index (χ3n) is 3.47. The molecule has 0 amide bonds. The molecule has 0 fully saturated rings. The zero-order chi connectivity index (χ0) is 16.1. The van der Waals surface area contributed by atoms with Crippen molar-refractivity contribution in [2.75, 3.05) is 7.11 Å². The maximum atomic E-state index is 5.92. The number of aromatic nitrogens is 1. The summed E-state index contributed by atoms with van der Waals surface area (Å²) in [6, 6.07) is 15.9. The van der Waals surface area contributed by atoms with Gasteiger partial charge in [0.15, 0.2) is 0 Å². The molecular formula is C18H17ClN2OS. The Labute approximate surface area is 144 Å². The monoisotopic (exact) mass is 344 g/mol. The lowest BCUT2D eigenvalue weighted by atomic mass is 10.2. The molecule has 3 aromatic rings. The maximum Gasteiger partial charge on any atom is 0.123 e. The third kappa shape index (κ3) is 4.10. The van der Waals surface area contributed by atoms with Crippen molar-refractivity contribution in [3.63, 3.8) is 0 Å². The summed E-state index contributed by atoms with van der Waals surface area (Å²) in [7, 11) is 1.69. The second-order valence-electron chi connectivity index (χ2n) is 5.04. The standard InChI is InChI=1S/C18H17ClN2OS/c1-22-16-5-3-2-4-14(16)10-20-12-18-21-11-17(23-18)13-6-8-15(19)9-7-13/h2-9,11,20H,10,12H2,1H3. The van der Waals surface area contributed by atoms with Gasteiger partial charge in [-0.1, -0.05) is 41.9 Å². The third-order valence-corrected chi connectivity index (χ3v) is 4.76. The fourth-order valence-corrected chi connectivity index (χ4v) is 3.31. The molecule has 0 radical (unpaired) electrons. The average Bonchev–Trinajstić information content (AvgIpc) is 3.05. The number of benzene rings is 2. The van der Waals surface area contributed by atoms with E-state index in [1.807, 2.05) is 48.7 Å². The molecule has 0 bridgehead atoms. The smallest absolute Gasteiger partial charge is 0.123 e. The van der Waals surface area contributed by atoms with Gasteiger partial charge in [0, 0.05) is 29.9 Å². The number of nitrogens with zero attached hydrogens (tertiary/aromatic N) is 1. The van der Waals surface area contributed by atoms with Gasteiger partial charge in [-0.2, -0.15) is 0 Å². The minimum absolute atomic E-state index is 0.732. The normalized spacial score (nSPS) is 10.7. The Morgan fingerprint density at radius 2 is 1.87 bits per heavy atom. The largest absolute Gasteiger partial charge is 0.496 e. The molecule has 3 rings (SSSR count). The van der Waals surface area contributed by atoms with Gasteiger partial charge in [-0.05, 0) is 23.8 Å². The Kier molecular flexibility index (Phi) is 5.28. The highest BCUT2D eigenvalue weighted by atomic mass is 35.5. The molecule has 0 saturated heterocycles. The van der Waals surface area contributed by atoms with E-state index in [1.54, 1.807) is 18.4 Å². The molecule has 5 heteroatoms. The predicted octanol–water partition coefficient (Wildman–Crippen LogP) is 4.76. The van der Waals surface area contributed by atoms with Gasteiger partial charge in [-0.3, -0.25) is 0 Å². The summed E-state index contributed by atoms with van der Waals surface area (Å²) in [4.78, 5) is 5.63. The number of hydrogen-bond acceptors (Lipinski definition) is 4. The Balaban J connectivity index is 1.60. The van der Waals surface area contributed by atoms with Crippen molar-refractivity contribution < 1.29 is 4.74 Å². The van der Waals surface area contributed by atoms with E-state index in [-0.39, 0.29) is 0 Å². The minimum atomic E-state index is 0.732. The molecule has 3 nitrogen and oxygen atoms in total. The Morgan fingerprint density at radius 3 is 2.65 bits per heavy atom. The van der Waals surface area contributed by atoms with Crippen LogP contribution in [0.1, 0.15) is 10.6 Å². The lowest BCUT2D eigenvalue weighted by Gasteiger charge is -2.08. The van der Waals surface area contributed by atoms with Crippen LogP contribution in [0.2, 0.25) is 5.02 Å². The van der Waals surface area contributed by atoms with Crippen molar-refractivity contribution >= 4 is 22.9 Å². The average molecular weight is 345 g/mol. The van der Waals surface area contributed by atoms with Crippen LogP contribution in [0, 0.1) is 0 Å². The topological polar surface area (TPSA) is 34.1 Å². The highest BCUT2D eigenvalue weighted by Crippen LogP contribution is 2.27. The van der Waals surface area contributed by atoms with Crippen LogP contribution in [0.5, 0.6) is 5.75 Å². The van der Waals surface area contributed by atoms with E-state index in [4.69, 9.17) is 16.3 Å². The van der Waals surface area contributed by atoms with Gasteiger partial charge in [0.2, 0.25) is 0 Å². The van der Waals surface area contributed by atoms with Gasteiger partial charge in [0.1, 0.15) is 10.8 Å². The molecule has 0 aliphatic carbocycles. The van der Waals surface area contributed by atoms with E-state index in [1.165, 1.54) is 0 Å².